The number of amides is 4. The third-order valence-electron chi connectivity index (χ3n) is 4.33. The fourth-order valence-electron chi connectivity index (χ4n) is 2.52. The van der Waals surface area contributed by atoms with Crippen LogP contribution in [0.25, 0.3) is 0 Å². The lowest BCUT2D eigenvalue weighted by atomic mass is 10.1. The maximum absolute atomic E-state index is 12.8. The Labute approximate surface area is 194 Å². The average molecular weight is 494 g/mol. The van der Waals surface area contributed by atoms with E-state index in [2.05, 4.69) is 10.6 Å². The zero-order valence-electron chi connectivity index (χ0n) is 18.3. The van der Waals surface area contributed by atoms with E-state index in [0.717, 1.165) is 6.92 Å². The summed E-state index contributed by atoms with van der Waals surface area (Å²) in [5.74, 6) is -5.97. The molecule has 0 radical (unpaired) electrons. The molecule has 0 aliphatic heterocycles. The Balaban J connectivity index is 5.44. The molecule has 0 aliphatic carbocycles. The number of nitrogens with two attached hydrogens (primary N) is 2. The summed E-state index contributed by atoms with van der Waals surface area (Å²) in [6.07, 6.45) is -0.810. The van der Waals surface area contributed by atoms with Crippen LogP contribution in [-0.4, -0.2) is 93.2 Å². The highest BCUT2D eigenvalue weighted by molar-refractivity contribution is 7.98. The maximum Gasteiger partial charge on any atom is 0.328 e. The van der Waals surface area contributed by atoms with E-state index in [1.165, 1.54) is 11.8 Å². The van der Waals surface area contributed by atoms with Gasteiger partial charge in [0.05, 0.1) is 18.6 Å². The minimum Gasteiger partial charge on any atom is -0.481 e. The topological polar surface area (TPSA) is 251 Å². The predicted molar refractivity (Wildman–Crippen MR) is 117 cm³/mol. The van der Waals surface area contributed by atoms with Gasteiger partial charge in [-0.2, -0.15) is 11.8 Å². The van der Waals surface area contributed by atoms with E-state index >= 15 is 0 Å². The van der Waals surface area contributed by atoms with E-state index in [9.17, 15) is 33.9 Å². The summed E-state index contributed by atoms with van der Waals surface area (Å²) in [5.41, 5.74) is 10.8. The Bertz CT molecular complexity index is 734. The number of aliphatic hydroxyl groups is 1. The summed E-state index contributed by atoms with van der Waals surface area (Å²) in [5, 5.41) is 34.0. The van der Waals surface area contributed by atoms with Gasteiger partial charge in [0, 0.05) is 6.42 Å². The molecule has 5 atom stereocenters. The largest absolute Gasteiger partial charge is 0.481 e. The number of carboxylic acid groups (broad SMARTS) is 2. The van der Waals surface area contributed by atoms with Gasteiger partial charge in [-0.05, 0) is 31.8 Å². The molecule has 0 heterocycles. The van der Waals surface area contributed by atoms with Crippen LogP contribution in [0.15, 0.2) is 0 Å². The molecule has 0 aromatic carbocycles. The monoisotopic (exact) mass is 493 g/mol. The first-order valence-electron chi connectivity index (χ1n) is 9.86. The number of rotatable bonds is 16. The molecule has 4 amide bonds. The standard InChI is InChI=1S/C18H31N5O9S/c1-8(24)14(18(31)32)23-17(30)11(7-12(20)25)22-16(29)10(5-6-33-2)21-15(28)9(19)3-4-13(26)27/h8-11,14,24H,3-7,19H2,1-2H3,(H2,20,25)(H,21,28)(H,22,29)(H,23,30)(H,26,27)(H,31,32). The quantitative estimate of drug-likeness (QED) is 0.106. The second-order valence-electron chi connectivity index (χ2n) is 7.18. The van der Waals surface area contributed by atoms with E-state index in [1.807, 2.05) is 5.32 Å². The van der Waals surface area contributed by atoms with Gasteiger partial charge in [0.2, 0.25) is 23.6 Å². The highest BCUT2D eigenvalue weighted by Gasteiger charge is 2.32. The van der Waals surface area contributed by atoms with Gasteiger partial charge in [0.25, 0.3) is 0 Å². The first kappa shape index (κ1) is 30.1. The number of hydrogen-bond acceptors (Lipinski definition) is 9. The van der Waals surface area contributed by atoms with Crippen LogP contribution in [0.2, 0.25) is 0 Å². The zero-order chi connectivity index (χ0) is 25.7. The summed E-state index contributed by atoms with van der Waals surface area (Å²) >= 11 is 1.36. The molecule has 0 rings (SSSR count). The summed E-state index contributed by atoms with van der Waals surface area (Å²) in [4.78, 5) is 70.7. The number of nitrogens with one attached hydrogen (secondary N) is 3. The number of thioether (sulfide) groups is 1. The van der Waals surface area contributed by atoms with Gasteiger partial charge in [-0.25, -0.2) is 4.79 Å². The number of carbonyl (C=O) groups excluding carboxylic acids is 4. The lowest BCUT2D eigenvalue weighted by molar-refractivity contribution is -0.145. The second-order valence-corrected chi connectivity index (χ2v) is 8.16. The van der Waals surface area contributed by atoms with Crippen LogP contribution in [0.5, 0.6) is 0 Å². The molecule has 188 valence electrons. The molecule has 0 spiro atoms. The Morgan fingerprint density at radius 3 is 1.91 bits per heavy atom. The highest BCUT2D eigenvalue weighted by atomic mass is 32.2. The SMILES string of the molecule is CSCCC(NC(=O)C(N)CCC(=O)O)C(=O)NC(CC(N)=O)C(=O)NC(C(=O)O)C(C)O. The smallest absolute Gasteiger partial charge is 0.328 e. The number of hydrogen-bond donors (Lipinski definition) is 8. The number of aliphatic hydroxyl groups excluding tert-OH is 1. The molecule has 0 bridgehead atoms. The molecule has 14 nitrogen and oxygen atoms in total. The predicted octanol–water partition coefficient (Wildman–Crippen LogP) is -3.27. The van der Waals surface area contributed by atoms with Crippen LogP contribution < -0.4 is 27.4 Å². The zero-order valence-corrected chi connectivity index (χ0v) is 19.1. The Kier molecular flexibility index (Phi) is 13.7. The lowest BCUT2D eigenvalue weighted by Gasteiger charge is -2.25. The van der Waals surface area contributed by atoms with Crippen LogP contribution in [-0.2, 0) is 28.8 Å². The summed E-state index contributed by atoms with van der Waals surface area (Å²) in [6, 6.07) is -5.66. The highest BCUT2D eigenvalue weighted by Crippen LogP contribution is 2.05. The molecule has 0 aliphatic rings. The molecule has 5 unspecified atom stereocenters. The van der Waals surface area contributed by atoms with Crippen LogP contribution in [0.1, 0.15) is 32.6 Å². The van der Waals surface area contributed by atoms with Crippen molar-refractivity contribution in [2.24, 2.45) is 11.5 Å². The molecular weight excluding hydrogens is 462 g/mol. The van der Waals surface area contributed by atoms with Crippen molar-refractivity contribution in [1.82, 2.24) is 16.0 Å². The Hall–Kier alpha value is -2.91. The first-order valence-corrected chi connectivity index (χ1v) is 11.3. The second kappa shape index (κ2) is 15.0. The third kappa shape index (κ3) is 12.1. The van der Waals surface area contributed by atoms with Gasteiger partial charge in [-0.15, -0.1) is 0 Å². The normalized spacial score (nSPS) is 15.3. The lowest BCUT2D eigenvalue weighted by Crippen LogP contribution is -2.59. The van der Waals surface area contributed by atoms with E-state index in [0.29, 0.717) is 5.75 Å². The Morgan fingerprint density at radius 2 is 1.45 bits per heavy atom. The summed E-state index contributed by atoms with van der Waals surface area (Å²) in [6.45, 7) is 1.13. The Morgan fingerprint density at radius 1 is 0.909 bits per heavy atom. The van der Waals surface area contributed by atoms with Crippen molar-refractivity contribution in [1.29, 1.82) is 0 Å². The van der Waals surface area contributed by atoms with Gasteiger partial charge < -0.3 is 42.7 Å². The van der Waals surface area contributed by atoms with Crippen molar-refractivity contribution in [3.8, 4) is 0 Å². The van der Waals surface area contributed by atoms with Gasteiger partial charge in [0.15, 0.2) is 6.04 Å². The van der Waals surface area contributed by atoms with Crippen molar-refractivity contribution in [3.63, 3.8) is 0 Å². The van der Waals surface area contributed by atoms with E-state index < -0.39 is 72.3 Å². The van der Waals surface area contributed by atoms with Crippen molar-refractivity contribution < 1.29 is 44.1 Å². The molecule has 10 N–H and O–H groups in total. The average Bonchev–Trinajstić information content (AvgIpc) is 2.71. The molecule has 0 aromatic rings. The summed E-state index contributed by atoms with van der Waals surface area (Å²) < 4.78 is 0. The summed E-state index contributed by atoms with van der Waals surface area (Å²) in [7, 11) is 0. The fraction of sp³-hybridized carbons (Fsp3) is 0.667. The number of carboxylic acids is 2. The molecule has 33 heavy (non-hydrogen) atoms. The third-order valence-corrected chi connectivity index (χ3v) is 4.98. The van der Waals surface area contributed by atoms with Crippen LogP contribution in [0.4, 0.5) is 0 Å². The van der Waals surface area contributed by atoms with Gasteiger partial charge >= 0.3 is 11.9 Å². The minimum atomic E-state index is -1.70. The van der Waals surface area contributed by atoms with Crippen molar-refractivity contribution in [2.75, 3.05) is 12.0 Å². The van der Waals surface area contributed by atoms with Crippen molar-refractivity contribution >= 4 is 47.3 Å². The van der Waals surface area contributed by atoms with Crippen molar-refractivity contribution in [3.05, 3.63) is 0 Å². The van der Waals surface area contributed by atoms with Crippen LogP contribution >= 0.6 is 11.8 Å². The molecule has 15 heteroatoms. The molecule has 0 aromatic heterocycles. The van der Waals surface area contributed by atoms with E-state index in [1.54, 1.807) is 6.26 Å². The molecule has 0 saturated heterocycles. The number of carbonyl (C=O) groups is 6. The van der Waals surface area contributed by atoms with Gasteiger partial charge in [-0.1, -0.05) is 0 Å². The first-order chi connectivity index (χ1) is 15.3. The van der Waals surface area contributed by atoms with Gasteiger partial charge in [-0.3, -0.25) is 24.0 Å². The van der Waals surface area contributed by atoms with Crippen LogP contribution in [0.3, 0.4) is 0 Å². The molecular formula is C18H31N5O9S. The minimum absolute atomic E-state index is 0.112. The molecule has 0 fully saturated rings. The van der Waals surface area contributed by atoms with Crippen LogP contribution in [0, 0.1) is 0 Å². The maximum atomic E-state index is 12.8. The van der Waals surface area contributed by atoms with Gasteiger partial charge in [0.1, 0.15) is 12.1 Å². The molecule has 0 saturated carbocycles. The van der Waals surface area contributed by atoms with E-state index in [4.69, 9.17) is 21.7 Å². The van der Waals surface area contributed by atoms with E-state index in [-0.39, 0.29) is 19.3 Å². The number of aliphatic carboxylic acids is 2. The fourth-order valence-corrected chi connectivity index (χ4v) is 2.99. The van der Waals surface area contributed by atoms with Crippen molar-refractivity contribution in [2.45, 2.75) is 62.9 Å². The number of primary amides is 1.